The lowest BCUT2D eigenvalue weighted by Gasteiger charge is -2.32. The molecule has 0 atom stereocenters. The summed E-state index contributed by atoms with van der Waals surface area (Å²) in [6.45, 7) is 2.89. The van der Waals surface area contributed by atoms with Crippen LogP contribution in [0.3, 0.4) is 0 Å². The lowest BCUT2D eigenvalue weighted by molar-refractivity contribution is -0.312. The number of aryl methyl sites for hydroxylation is 1. The molecule has 0 spiro atoms. The first-order chi connectivity index (χ1) is 8.59. The molecule has 0 aliphatic carbocycles. The predicted octanol–water partition coefficient (Wildman–Crippen LogP) is 0.597. The maximum Gasteiger partial charge on any atom is 0.254 e. The Morgan fingerprint density at radius 3 is 2.39 bits per heavy atom. The molecule has 0 unspecified atom stereocenters. The van der Waals surface area contributed by atoms with E-state index in [4.69, 9.17) is 0 Å². The van der Waals surface area contributed by atoms with Crippen molar-refractivity contribution < 1.29 is 14.7 Å². The number of rotatable bonds is 2. The Morgan fingerprint density at radius 2 is 1.83 bits per heavy atom. The molecule has 4 nitrogen and oxygen atoms in total. The zero-order valence-electron chi connectivity index (χ0n) is 10.4. The van der Waals surface area contributed by atoms with Crippen LogP contribution in [0, 0.1) is 12.8 Å². The zero-order valence-corrected chi connectivity index (χ0v) is 10.4. The minimum Gasteiger partial charge on any atom is -0.550 e. The van der Waals surface area contributed by atoms with Crippen molar-refractivity contribution in [2.75, 3.05) is 13.1 Å². The highest BCUT2D eigenvalue weighted by Crippen LogP contribution is 2.19. The topological polar surface area (TPSA) is 60.4 Å². The van der Waals surface area contributed by atoms with Crippen molar-refractivity contribution >= 4 is 11.9 Å². The van der Waals surface area contributed by atoms with Gasteiger partial charge in [-0.1, -0.05) is 18.2 Å². The lowest BCUT2D eigenvalue weighted by atomic mass is 9.96. The molecule has 0 aromatic heterocycles. The zero-order chi connectivity index (χ0) is 13.1. The third kappa shape index (κ3) is 2.53. The number of hydrogen-bond acceptors (Lipinski definition) is 3. The first kappa shape index (κ1) is 12.6. The number of carboxylic acid groups (broad SMARTS) is 1. The predicted molar refractivity (Wildman–Crippen MR) is 64.8 cm³/mol. The monoisotopic (exact) mass is 246 g/mol. The minimum absolute atomic E-state index is 0.00935. The van der Waals surface area contributed by atoms with Gasteiger partial charge in [-0.25, -0.2) is 0 Å². The van der Waals surface area contributed by atoms with Crippen LogP contribution >= 0.6 is 0 Å². The molecule has 2 rings (SSSR count). The second-order valence-corrected chi connectivity index (χ2v) is 4.70. The van der Waals surface area contributed by atoms with Crippen LogP contribution in [-0.4, -0.2) is 29.9 Å². The molecule has 1 aliphatic rings. The molecule has 1 aliphatic heterocycles. The molecule has 4 heteroatoms. The summed E-state index contributed by atoms with van der Waals surface area (Å²) in [6, 6.07) is 7.45. The summed E-state index contributed by atoms with van der Waals surface area (Å²) in [5, 5.41) is 10.7. The van der Waals surface area contributed by atoms with Crippen LogP contribution in [0.15, 0.2) is 24.3 Å². The fourth-order valence-electron chi connectivity index (χ4n) is 2.30. The van der Waals surface area contributed by atoms with Crippen molar-refractivity contribution in [3.63, 3.8) is 0 Å². The van der Waals surface area contributed by atoms with E-state index in [1.807, 2.05) is 31.2 Å². The molecular weight excluding hydrogens is 230 g/mol. The Morgan fingerprint density at radius 1 is 1.22 bits per heavy atom. The smallest absolute Gasteiger partial charge is 0.254 e. The van der Waals surface area contributed by atoms with Crippen molar-refractivity contribution in [3.8, 4) is 0 Å². The number of piperidine rings is 1. The van der Waals surface area contributed by atoms with Gasteiger partial charge in [0.2, 0.25) is 0 Å². The maximum absolute atomic E-state index is 12.3. The first-order valence-corrected chi connectivity index (χ1v) is 6.15. The molecule has 1 aromatic rings. The van der Waals surface area contributed by atoms with Gasteiger partial charge in [0.25, 0.3) is 5.91 Å². The normalized spacial score (nSPS) is 16.6. The average molecular weight is 246 g/mol. The lowest BCUT2D eigenvalue weighted by Crippen LogP contribution is -2.43. The Balaban J connectivity index is 2.04. The van der Waals surface area contributed by atoms with Gasteiger partial charge in [-0.05, 0) is 31.4 Å². The van der Waals surface area contributed by atoms with E-state index in [0.717, 1.165) is 5.56 Å². The first-order valence-electron chi connectivity index (χ1n) is 6.15. The molecule has 1 heterocycles. The van der Waals surface area contributed by atoms with Crippen molar-refractivity contribution in [3.05, 3.63) is 35.4 Å². The number of hydrogen-bond donors (Lipinski definition) is 0. The van der Waals surface area contributed by atoms with Crippen LogP contribution < -0.4 is 5.11 Å². The van der Waals surface area contributed by atoms with Crippen LogP contribution in [0.5, 0.6) is 0 Å². The summed E-state index contributed by atoms with van der Waals surface area (Å²) in [5.41, 5.74) is 1.65. The van der Waals surface area contributed by atoms with Crippen LogP contribution in [-0.2, 0) is 4.79 Å². The molecular formula is C14H16NO3-. The highest BCUT2D eigenvalue weighted by molar-refractivity contribution is 5.95. The van der Waals surface area contributed by atoms with E-state index in [2.05, 4.69) is 0 Å². The van der Waals surface area contributed by atoms with Crippen LogP contribution in [0.2, 0.25) is 0 Å². The second-order valence-electron chi connectivity index (χ2n) is 4.70. The summed E-state index contributed by atoms with van der Waals surface area (Å²) in [4.78, 5) is 24.7. The number of aliphatic carboxylic acids is 1. The third-order valence-corrected chi connectivity index (χ3v) is 3.49. The number of amides is 1. The highest BCUT2D eigenvalue weighted by atomic mass is 16.4. The molecule has 18 heavy (non-hydrogen) atoms. The van der Waals surface area contributed by atoms with Gasteiger partial charge in [-0.15, -0.1) is 0 Å². The van der Waals surface area contributed by atoms with Gasteiger partial charge in [0.15, 0.2) is 0 Å². The van der Waals surface area contributed by atoms with Gasteiger partial charge >= 0.3 is 0 Å². The van der Waals surface area contributed by atoms with Gasteiger partial charge < -0.3 is 14.8 Å². The molecule has 1 fully saturated rings. The van der Waals surface area contributed by atoms with Gasteiger partial charge in [0, 0.05) is 30.5 Å². The molecule has 1 aromatic carbocycles. The summed E-state index contributed by atoms with van der Waals surface area (Å²) in [7, 11) is 0. The van der Waals surface area contributed by atoms with E-state index in [1.165, 1.54) is 0 Å². The molecule has 0 N–H and O–H groups in total. The Hall–Kier alpha value is -1.84. The number of carboxylic acids is 1. The number of benzene rings is 1. The number of likely N-dealkylation sites (tertiary alicyclic amines) is 1. The Labute approximate surface area is 106 Å². The molecule has 1 saturated heterocycles. The molecule has 0 radical (unpaired) electrons. The number of carbonyl (C=O) groups is 2. The van der Waals surface area contributed by atoms with Crippen molar-refractivity contribution in [1.82, 2.24) is 4.90 Å². The van der Waals surface area contributed by atoms with Gasteiger partial charge in [-0.2, -0.15) is 0 Å². The van der Waals surface area contributed by atoms with Crippen molar-refractivity contribution in [1.29, 1.82) is 0 Å². The Kier molecular flexibility index (Phi) is 3.65. The number of carbonyl (C=O) groups excluding carboxylic acids is 2. The van der Waals surface area contributed by atoms with E-state index >= 15 is 0 Å². The van der Waals surface area contributed by atoms with E-state index in [-0.39, 0.29) is 5.91 Å². The van der Waals surface area contributed by atoms with E-state index < -0.39 is 11.9 Å². The van der Waals surface area contributed by atoms with Crippen LogP contribution in [0.1, 0.15) is 28.8 Å². The summed E-state index contributed by atoms with van der Waals surface area (Å²) < 4.78 is 0. The second kappa shape index (κ2) is 5.21. The van der Waals surface area contributed by atoms with Crippen molar-refractivity contribution in [2.24, 2.45) is 5.92 Å². The Bertz CT molecular complexity index is 462. The fourth-order valence-corrected chi connectivity index (χ4v) is 2.30. The quantitative estimate of drug-likeness (QED) is 0.767. The molecule has 0 saturated carbocycles. The number of nitrogens with zero attached hydrogens (tertiary/aromatic N) is 1. The third-order valence-electron chi connectivity index (χ3n) is 3.49. The fraction of sp³-hybridized carbons (Fsp3) is 0.429. The van der Waals surface area contributed by atoms with E-state index in [1.54, 1.807) is 4.90 Å². The van der Waals surface area contributed by atoms with Gasteiger partial charge in [0.05, 0.1) is 0 Å². The van der Waals surface area contributed by atoms with Crippen LogP contribution in [0.25, 0.3) is 0 Å². The summed E-state index contributed by atoms with van der Waals surface area (Å²) in [6.07, 6.45) is 0.972. The largest absolute Gasteiger partial charge is 0.550 e. The van der Waals surface area contributed by atoms with E-state index in [9.17, 15) is 14.7 Å². The highest BCUT2D eigenvalue weighted by Gasteiger charge is 2.24. The molecule has 96 valence electrons. The van der Waals surface area contributed by atoms with Crippen molar-refractivity contribution in [2.45, 2.75) is 19.8 Å². The minimum atomic E-state index is -1.00. The van der Waals surface area contributed by atoms with Gasteiger partial charge in [-0.3, -0.25) is 4.79 Å². The average Bonchev–Trinajstić information content (AvgIpc) is 2.38. The maximum atomic E-state index is 12.3. The SMILES string of the molecule is Cc1ccccc1C(=O)N1CCC(C(=O)[O-])CC1. The molecule has 1 amide bonds. The summed E-state index contributed by atoms with van der Waals surface area (Å²) in [5.74, 6) is -1.42. The van der Waals surface area contributed by atoms with E-state index in [0.29, 0.717) is 31.5 Å². The summed E-state index contributed by atoms with van der Waals surface area (Å²) >= 11 is 0. The van der Waals surface area contributed by atoms with Crippen LogP contribution in [0.4, 0.5) is 0 Å². The molecule has 0 bridgehead atoms. The van der Waals surface area contributed by atoms with Gasteiger partial charge in [0.1, 0.15) is 0 Å². The standard InChI is InChI=1S/C14H17NO3/c1-10-4-2-3-5-12(10)13(16)15-8-6-11(7-9-15)14(17)18/h2-5,11H,6-9H2,1H3,(H,17,18)/p-1.